The Morgan fingerprint density at radius 1 is 0.839 bits per heavy atom. The molecular formula is C23H26O4S4. The van der Waals surface area contributed by atoms with Gasteiger partial charge in [0.2, 0.25) is 0 Å². The fourth-order valence-electron chi connectivity index (χ4n) is 4.95. The molecule has 4 unspecified atom stereocenters. The zero-order chi connectivity index (χ0) is 23.1. The number of hydrogen-bond donors (Lipinski definition) is 0. The average Bonchev–Trinajstić information content (AvgIpc) is 3.34. The van der Waals surface area contributed by atoms with E-state index in [4.69, 9.17) is 0 Å². The minimum Gasteiger partial charge on any atom is -0.293 e. The van der Waals surface area contributed by atoms with Crippen LogP contribution < -0.4 is 0 Å². The molecule has 8 heteroatoms. The average molecular weight is 495 g/mol. The van der Waals surface area contributed by atoms with Crippen molar-refractivity contribution in [1.29, 1.82) is 0 Å². The largest absolute Gasteiger partial charge is 0.293 e. The van der Waals surface area contributed by atoms with E-state index in [0.29, 0.717) is 25.2 Å². The van der Waals surface area contributed by atoms with Crippen LogP contribution in [0.2, 0.25) is 0 Å². The van der Waals surface area contributed by atoms with E-state index in [0.717, 1.165) is 6.42 Å². The number of carbonyl (C=O) groups is 4. The van der Waals surface area contributed by atoms with Crippen LogP contribution in [-0.4, -0.2) is 48.2 Å². The molecule has 4 rings (SSSR count). The zero-order valence-electron chi connectivity index (χ0n) is 18.4. The van der Waals surface area contributed by atoms with Gasteiger partial charge in [0.25, 0.3) is 0 Å². The van der Waals surface area contributed by atoms with E-state index in [1.807, 2.05) is 31.9 Å². The highest BCUT2D eigenvalue weighted by Crippen LogP contribution is 2.61. The second-order valence-electron chi connectivity index (χ2n) is 8.00. The van der Waals surface area contributed by atoms with E-state index in [1.54, 1.807) is 6.92 Å². The Morgan fingerprint density at radius 2 is 1.42 bits per heavy atom. The molecule has 31 heavy (non-hydrogen) atoms. The van der Waals surface area contributed by atoms with Crippen molar-refractivity contribution in [2.24, 2.45) is 23.2 Å². The summed E-state index contributed by atoms with van der Waals surface area (Å²) < 4.78 is 0. The van der Waals surface area contributed by atoms with Crippen LogP contribution in [0.1, 0.15) is 20.3 Å². The molecule has 0 amide bonds. The molecule has 0 aromatic carbocycles. The first kappa shape index (κ1) is 24.7. The Bertz CT molecular complexity index is 988. The molecule has 0 aromatic heterocycles. The summed E-state index contributed by atoms with van der Waals surface area (Å²) in [5, 5.41) is 0. The first-order valence-corrected chi connectivity index (χ1v) is 14.8. The molecule has 4 nitrogen and oxygen atoms in total. The van der Waals surface area contributed by atoms with Crippen molar-refractivity contribution in [3.63, 3.8) is 0 Å². The van der Waals surface area contributed by atoms with Gasteiger partial charge in [0.05, 0.1) is 19.6 Å². The highest BCUT2D eigenvalue weighted by molar-refractivity contribution is 8.07. The van der Waals surface area contributed by atoms with Crippen LogP contribution in [0, 0.1) is 23.2 Å². The molecule has 0 spiro atoms. The van der Waals surface area contributed by atoms with E-state index >= 15 is 0 Å². The third kappa shape index (κ3) is 3.87. The van der Waals surface area contributed by atoms with Crippen LogP contribution in [0.3, 0.4) is 0 Å². The number of rotatable bonds is 4. The molecular weight excluding hydrogens is 469 g/mol. The van der Waals surface area contributed by atoms with Crippen molar-refractivity contribution in [3.8, 4) is 0 Å². The van der Waals surface area contributed by atoms with Gasteiger partial charge < -0.3 is 0 Å². The normalized spacial score (nSPS) is 31.8. The van der Waals surface area contributed by atoms with Gasteiger partial charge in [0, 0.05) is 16.9 Å². The fourth-order valence-corrected chi connectivity index (χ4v) is 8.42. The summed E-state index contributed by atoms with van der Waals surface area (Å²) in [7, 11) is 0. The van der Waals surface area contributed by atoms with Crippen molar-refractivity contribution in [2.75, 3.05) is 25.0 Å². The topological polar surface area (TPSA) is 68.3 Å². The standard InChI is InChI=1S/C14H16O2S2.C9H10O2S2/c1-14-8-5-4-7(6-8)9(14)10(15)11(17-2)12(18-3)13(14)16;1-5-4-6(10)8(12-2)9(13-3)7(5)11/h4-5,7-9H,6H2,1-3H3;4H,1-3H3. The fraction of sp³-hybridized carbons (Fsp3) is 0.478. The lowest BCUT2D eigenvalue weighted by Crippen LogP contribution is -2.47. The summed E-state index contributed by atoms with van der Waals surface area (Å²) >= 11 is 5.54. The zero-order valence-corrected chi connectivity index (χ0v) is 21.7. The minimum atomic E-state index is -0.478. The van der Waals surface area contributed by atoms with Crippen molar-refractivity contribution in [1.82, 2.24) is 0 Å². The van der Waals surface area contributed by atoms with E-state index < -0.39 is 5.41 Å². The Balaban J connectivity index is 0.000000187. The van der Waals surface area contributed by atoms with Crippen LogP contribution in [0.15, 0.2) is 43.4 Å². The highest BCUT2D eigenvalue weighted by Gasteiger charge is 2.63. The van der Waals surface area contributed by atoms with Crippen molar-refractivity contribution < 1.29 is 19.2 Å². The molecule has 166 valence electrons. The number of thioether (sulfide) groups is 4. The number of hydrogen-bond acceptors (Lipinski definition) is 8. The summed E-state index contributed by atoms with van der Waals surface area (Å²) in [5.74, 6) is 0.756. The summed E-state index contributed by atoms with van der Waals surface area (Å²) in [5.41, 5.74) is 0.0563. The molecule has 4 aliphatic carbocycles. The Labute approximate surface area is 200 Å². The van der Waals surface area contributed by atoms with Gasteiger partial charge in [-0.2, -0.15) is 0 Å². The molecule has 0 aliphatic heterocycles. The van der Waals surface area contributed by atoms with E-state index in [1.165, 1.54) is 53.1 Å². The molecule has 0 heterocycles. The maximum Gasteiger partial charge on any atom is 0.196 e. The van der Waals surface area contributed by atoms with Crippen LogP contribution in [0.4, 0.5) is 0 Å². The summed E-state index contributed by atoms with van der Waals surface area (Å²) in [6, 6.07) is 0. The quantitative estimate of drug-likeness (QED) is 0.403. The van der Waals surface area contributed by atoms with Gasteiger partial charge in [-0.05, 0) is 56.3 Å². The summed E-state index contributed by atoms with van der Waals surface area (Å²) in [4.78, 5) is 51.0. The van der Waals surface area contributed by atoms with Gasteiger partial charge in [-0.15, -0.1) is 47.0 Å². The minimum absolute atomic E-state index is 0.0172. The molecule has 0 radical (unpaired) electrons. The molecule has 1 fully saturated rings. The predicted octanol–water partition coefficient (Wildman–Crippen LogP) is 4.93. The summed E-state index contributed by atoms with van der Waals surface area (Å²) in [6.07, 6.45) is 14.1. The molecule has 4 aliphatic rings. The van der Waals surface area contributed by atoms with Gasteiger partial charge in [0.15, 0.2) is 23.1 Å². The van der Waals surface area contributed by atoms with E-state index in [-0.39, 0.29) is 40.9 Å². The van der Waals surface area contributed by atoms with Crippen LogP contribution >= 0.6 is 47.0 Å². The summed E-state index contributed by atoms with van der Waals surface area (Å²) in [6.45, 7) is 3.67. The van der Waals surface area contributed by atoms with Crippen LogP contribution in [-0.2, 0) is 19.2 Å². The Morgan fingerprint density at radius 3 is 1.97 bits per heavy atom. The van der Waals surface area contributed by atoms with Crippen LogP contribution in [0.25, 0.3) is 0 Å². The maximum absolute atomic E-state index is 12.8. The Hall–Kier alpha value is -0.960. The maximum atomic E-state index is 12.8. The first-order valence-electron chi connectivity index (χ1n) is 9.86. The monoisotopic (exact) mass is 494 g/mol. The van der Waals surface area contributed by atoms with Crippen molar-refractivity contribution in [3.05, 3.63) is 43.4 Å². The molecule has 1 saturated carbocycles. The Kier molecular flexibility index (Phi) is 7.56. The molecule has 2 bridgehead atoms. The smallest absolute Gasteiger partial charge is 0.196 e. The lowest BCUT2D eigenvalue weighted by Gasteiger charge is -2.40. The lowest BCUT2D eigenvalue weighted by molar-refractivity contribution is -0.136. The number of fused-ring (bicyclic) bond motifs is 5. The molecule has 0 N–H and O–H groups in total. The van der Waals surface area contributed by atoms with Crippen molar-refractivity contribution >= 4 is 70.2 Å². The lowest BCUT2D eigenvalue weighted by atomic mass is 9.63. The van der Waals surface area contributed by atoms with Gasteiger partial charge in [0.1, 0.15) is 0 Å². The van der Waals surface area contributed by atoms with Crippen LogP contribution in [0.5, 0.6) is 0 Å². The predicted molar refractivity (Wildman–Crippen MR) is 134 cm³/mol. The van der Waals surface area contributed by atoms with Gasteiger partial charge in [-0.3, -0.25) is 19.2 Å². The number of ketones is 4. The second-order valence-corrected chi connectivity index (χ2v) is 11.3. The second kappa shape index (κ2) is 9.49. The van der Waals surface area contributed by atoms with E-state index in [2.05, 4.69) is 12.2 Å². The number of Topliss-reactive ketones (excluding diaryl/α,β-unsaturated/α-hetero) is 3. The van der Waals surface area contributed by atoms with Gasteiger partial charge >= 0.3 is 0 Å². The van der Waals surface area contributed by atoms with E-state index in [9.17, 15) is 19.2 Å². The molecule has 4 atom stereocenters. The third-order valence-corrected chi connectivity index (χ3v) is 10.0. The highest BCUT2D eigenvalue weighted by atomic mass is 32.2. The van der Waals surface area contributed by atoms with Gasteiger partial charge in [-0.25, -0.2) is 0 Å². The number of allylic oxidation sites excluding steroid dienone is 8. The molecule has 0 aromatic rings. The molecule has 0 saturated heterocycles. The van der Waals surface area contributed by atoms with Crippen molar-refractivity contribution in [2.45, 2.75) is 20.3 Å². The third-order valence-electron chi connectivity index (χ3n) is 6.53. The SMILES string of the molecule is CSC1=C(SC)C(=O)C(C)=CC1=O.CSC1=C(SC)C(=O)C2(C)C3C=CC(C3)C2C1=O. The first-order chi connectivity index (χ1) is 14.7. The van der Waals surface area contributed by atoms with Gasteiger partial charge in [-0.1, -0.05) is 19.1 Å². The number of carbonyl (C=O) groups excluding carboxylic acids is 4.